The third-order valence-electron chi connectivity index (χ3n) is 4.47. The van der Waals surface area contributed by atoms with E-state index < -0.39 is 18.3 Å². The monoisotopic (exact) mass is 321 g/mol. The minimum absolute atomic E-state index is 0.310. The second-order valence-corrected chi connectivity index (χ2v) is 6.72. The van der Waals surface area contributed by atoms with Gasteiger partial charge >= 0.3 is 7.12 Å². The molecule has 0 aromatic heterocycles. The molecule has 0 radical (unpaired) electrons. The molecule has 0 unspecified atom stereocenters. The van der Waals surface area contributed by atoms with Crippen LogP contribution in [0.2, 0.25) is 0 Å². The Balaban J connectivity index is 2.38. The predicted octanol–water partition coefficient (Wildman–Crippen LogP) is 3.07. The summed E-state index contributed by atoms with van der Waals surface area (Å²) in [5.41, 5.74) is 0.704. The number of nitrogens with one attached hydrogen (secondary N) is 1. The molecule has 0 amide bonds. The Bertz CT molecular complexity index is 586. The van der Waals surface area contributed by atoms with Crippen molar-refractivity contribution in [2.75, 3.05) is 20.7 Å². The zero-order chi connectivity index (χ0) is 17.3. The zero-order valence-electron chi connectivity index (χ0n) is 14.7. The van der Waals surface area contributed by atoms with Gasteiger partial charge in [0.05, 0.1) is 18.3 Å². The Morgan fingerprint density at radius 1 is 1.26 bits per heavy atom. The van der Waals surface area contributed by atoms with Crippen LogP contribution in [0, 0.1) is 5.82 Å². The molecule has 23 heavy (non-hydrogen) atoms. The third-order valence-corrected chi connectivity index (χ3v) is 4.47. The second-order valence-electron chi connectivity index (χ2n) is 6.72. The number of methoxy groups -OCH3 is 1. The normalized spacial score (nSPS) is 20.0. The number of hydrogen-bond donors (Lipinski definition) is 1. The van der Waals surface area contributed by atoms with Crippen LogP contribution in [-0.2, 0) is 9.31 Å². The van der Waals surface area contributed by atoms with E-state index in [0.717, 1.165) is 5.47 Å². The average Bonchev–Trinajstić information content (AvgIpc) is 2.67. The average molecular weight is 321 g/mol. The van der Waals surface area contributed by atoms with Crippen molar-refractivity contribution in [1.29, 1.82) is 0 Å². The summed E-state index contributed by atoms with van der Waals surface area (Å²) in [6.07, 6.45) is 1.86. The highest BCUT2D eigenvalue weighted by molar-refractivity contribution is 6.56. The molecule has 1 aliphatic heterocycles. The van der Waals surface area contributed by atoms with E-state index in [1.807, 2.05) is 40.8 Å². The van der Waals surface area contributed by atoms with Gasteiger partial charge in [-0.05, 0) is 58.4 Å². The van der Waals surface area contributed by atoms with Crippen molar-refractivity contribution < 1.29 is 18.4 Å². The first-order valence-electron chi connectivity index (χ1n) is 7.74. The van der Waals surface area contributed by atoms with E-state index >= 15 is 0 Å². The molecule has 1 aromatic rings. The molecule has 0 atom stereocenters. The first-order valence-corrected chi connectivity index (χ1v) is 7.74. The summed E-state index contributed by atoms with van der Waals surface area (Å²) in [5.74, 6) is 0.297. The van der Waals surface area contributed by atoms with E-state index in [4.69, 9.17) is 14.0 Å². The van der Waals surface area contributed by atoms with E-state index in [0.29, 0.717) is 17.9 Å². The van der Waals surface area contributed by atoms with Crippen molar-refractivity contribution in [3.05, 3.63) is 35.1 Å². The maximum absolute atomic E-state index is 13.6. The van der Waals surface area contributed by atoms with E-state index in [1.54, 1.807) is 13.2 Å². The highest BCUT2D eigenvalue weighted by Crippen LogP contribution is 2.39. The Hall–Kier alpha value is -1.37. The van der Waals surface area contributed by atoms with Crippen molar-refractivity contribution in [3.63, 3.8) is 0 Å². The van der Waals surface area contributed by atoms with Crippen LogP contribution in [-0.4, -0.2) is 39.0 Å². The Kier molecular flexibility index (Phi) is 5.18. The fraction of sp³-hybridized carbons (Fsp3) is 0.529. The summed E-state index contributed by atoms with van der Waals surface area (Å²) in [6, 6.07) is 4.44. The van der Waals surface area contributed by atoms with Crippen LogP contribution in [0.25, 0.3) is 6.08 Å². The molecule has 126 valence electrons. The Morgan fingerprint density at radius 2 is 1.87 bits per heavy atom. The van der Waals surface area contributed by atoms with Crippen LogP contribution in [0.1, 0.15) is 33.3 Å². The molecule has 1 aliphatic rings. The topological polar surface area (TPSA) is 39.7 Å². The van der Waals surface area contributed by atoms with Crippen molar-refractivity contribution >= 4 is 13.2 Å². The fourth-order valence-electron chi connectivity index (χ4n) is 2.42. The minimum Gasteiger partial charge on any atom is -0.496 e. The fourth-order valence-corrected chi connectivity index (χ4v) is 2.42. The second kappa shape index (κ2) is 6.63. The maximum Gasteiger partial charge on any atom is 0.491 e. The number of hydrogen-bond acceptors (Lipinski definition) is 4. The number of halogens is 1. The molecule has 1 heterocycles. The zero-order valence-corrected chi connectivity index (χ0v) is 14.7. The lowest BCUT2D eigenvalue weighted by Crippen LogP contribution is -2.41. The van der Waals surface area contributed by atoms with Gasteiger partial charge in [-0.15, -0.1) is 0 Å². The van der Waals surface area contributed by atoms with E-state index in [-0.39, 0.29) is 5.82 Å². The molecular weight excluding hydrogens is 296 g/mol. The first-order chi connectivity index (χ1) is 10.7. The molecule has 1 fully saturated rings. The van der Waals surface area contributed by atoms with E-state index in [2.05, 4.69) is 5.32 Å². The van der Waals surface area contributed by atoms with Crippen molar-refractivity contribution in [2.24, 2.45) is 0 Å². The molecule has 0 aliphatic carbocycles. The minimum atomic E-state index is -0.486. The van der Waals surface area contributed by atoms with Gasteiger partial charge in [0, 0.05) is 12.1 Å². The van der Waals surface area contributed by atoms with Gasteiger partial charge in [-0.1, -0.05) is 6.08 Å². The summed E-state index contributed by atoms with van der Waals surface area (Å²) in [7, 11) is 2.93. The van der Waals surface area contributed by atoms with Gasteiger partial charge in [0.2, 0.25) is 0 Å². The van der Waals surface area contributed by atoms with Gasteiger partial charge in [-0.25, -0.2) is 4.39 Å². The summed E-state index contributed by atoms with van der Waals surface area (Å²) in [4.78, 5) is 0. The highest BCUT2D eigenvalue weighted by atomic mass is 19.1. The van der Waals surface area contributed by atoms with Gasteiger partial charge in [0.1, 0.15) is 11.6 Å². The van der Waals surface area contributed by atoms with Crippen LogP contribution >= 0.6 is 0 Å². The number of likely N-dealkylation sites (N-methyl/N-ethyl adjacent to an activating group) is 1. The predicted molar refractivity (Wildman–Crippen MR) is 90.9 cm³/mol. The van der Waals surface area contributed by atoms with Crippen LogP contribution in [0.4, 0.5) is 4.39 Å². The van der Waals surface area contributed by atoms with Gasteiger partial charge in [-0.3, -0.25) is 0 Å². The summed E-state index contributed by atoms with van der Waals surface area (Å²) >= 11 is 0. The quantitative estimate of drug-likeness (QED) is 0.846. The van der Waals surface area contributed by atoms with Crippen LogP contribution < -0.4 is 10.1 Å². The number of ether oxygens (including phenoxy) is 1. The van der Waals surface area contributed by atoms with Crippen LogP contribution in [0.5, 0.6) is 5.75 Å². The number of rotatable bonds is 5. The molecule has 0 spiro atoms. The standard InChI is InChI=1S/C17H25BFNO3/c1-16(2)17(3,4)23-18(22-16)13(11-20-5)9-12-10-14(19)7-8-15(12)21-6/h7-10,20H,11H2,1-6H3. The highest BCUT2D eigenvalue weighted by Gasteiger charge is 2.52. The van der Waals surface area contributed by atoms with Gasteiger partial charge in [0.25, 0.3) is 0 Å². The smallest absolute Gasteiger partial charge is 0.491 e. The Labute approximate surface area is 138 Å². The summed E-state index contributed by atoms with van der Waals surface area (Å²) in [5, 5.41) is 3.11. The molecule has 1 saturated heterocycles. The number of benzene rings is 1. The molecule has 1 aromatic carbocycles. The summed E-state index contributed by atoms with van der Waals surface area (Å²) < 4.78 is 31.1. The van der Waals surface area contributed by atoms with Gasteiger partial charge in [0.15, 0.2) is 0 Å². The summed E-state index contributed by atoms with van der Waals surface area (Å²) in [6.45, 7) is 8.59. The molecule has 2 rings (SSSR count). The lowest BCUT2D eigenvalue weighted by molar-refractivity contribution is 0.00578. The van der Waals surface area contributed by atoms with Crippen LogP contribution in [0.15, 0.2) is 23.7 Å². The van der Waals surface area contributed by atoms with Crippen LogP contribution in [0.3, 0.4) is 0 Å². The Morgan fingerprint density at radius 3 is 2.39 bits per heavy atom. The molecule has 0 saturated carbocycles. The van der Waals surface area contributed by atoms with Crippen molar-refractivity contribution in [3.8, 4) is 5.75 Å². The SMILES string of the molecule is CNCC(=Cc1cc(F)ccc1OC)B1OC(C)(C)C(C)(C)O1. The molecule has 0 bridgehead atoms. The lowest BCUT2D eigenvalue weighted by atomic mass is 9.77. The van der Waals surface area contributed by atoms with Gasteiger partial charge < -0.3 is 19.4 Å². The molecule has 4 nitrogen and oxygen atoms in total. The largest absolute Gasteiger partial charge is 0.496 e. The van der Waals surface area contributed by atoms with E-state index in [9.17, 15) is 4.39 Å². The third kappa shape index (κ3) is 3.76. The lowest BCUT2D eigenvalue weighted by Gasteiger charge is -2.32. The first kappa shape index (κ1) is 18.0. The van der Waals surface area contributed by atoms with Crippen molar-refractivity contribution in [2.45, 2.75) is 38.9 Å². The molecular formula is C17H25BFNO3. The van der Waals surface area contributed by atoms with Gasteiger partial charge in [-0.2, -0.15) is 0 Å². The van der Waals surface area contributed by atoms with E-state index in [1.165, 1.54) is 12.1 Å². The maximum atomic E-state index is 13.6. The molecule has 1 N–H and O–H groups in total. The van der Waals surface area contributed by atoms with Crippen molar-refractivity contribution in [1.82, 2.24) is 5.32 Å². The molecule has 6 heteroatoms.